The molecular weight excluding hydrogens is 394 g/mol. The Bertz CT molecular complexity index is 657. The van der Waals surface area contributed by atoms with Gasteiger partial charge in [-0.2, -0.15) is 11.8 Å². The molecule has 3 saturated heterocycles. The van der Waals surface area contributed by atoms with Crippen LogP contribution in [0, 0.1) is 5.92 Å². The highest BCUT2D eigenvalue weighted by Crippen LogP contribution is 2.38. The number of ether oxygens (including phenoxy) is 1. The van der Waals surface area contributed by atoms with E-state index in [2.05, 4.69) is 38.9 Å². The summed E-state index contributed by atoms with van der Waals surface area (Å²) in [7, 11) is 1.74. The lowest BCUT2D eigenvalue weighted by Crippen LogP contribution is -2.52. The number of hydrogen-bond acceptors (Lipinski definition) is 4. The molecule has 4 heterocycles. The first kappa shape index (κ1) is 22.2. The fourth-order valence-corrected chi connectivity index (χ4v) is 7.17. The fourth-order valence-electron chi connectivity index (χ4n) is 5.91. The summed E-state index contributed by atoms with van der Waals surface area (Å²) in [6.45, 7) is 4.75. The Kier molecular flexibility index (Phi) is 7.82. The summed E-state index contributed by atoms with van der Waals surface area (Å²) < 4.78 is 7.71. The predicted molar refractivity (Wildman–Crippen MR) is 124 cm³/mol. The lowest BCUT2D eigenvalue weighted by molar-refractivity contribution is -0.135. The van der Waals surface area contributed by atoms with Gasteiger partial charge in [0.15, 0.2) is 0 Å². The molecule has 0 bridgehead atoms. The van der Waals surface area contributed by atoms with Crippen LogP contribution in [0.5, 0.6) is 0 Å². The molecule has 2 atom stereocenters. The van der Waals surface area contributed by atoms with E-state index < -0.39 is 0 Å². The fraction of sp³-hybridized carbons (Fsp3) is 0.792. The average Bonchev–Trinajstić information content (AvgIpc) is 3.33. The topological polar surface area (TPSA) is 37.7 Å². The Morgan fingerprint density at radius 1 is 1.13 bits per heavy atom. The Morgan fingerprint density at radius 3 is 2.67 bits per heavy atom. The van der Waals surface area contributed by atoms with Gasteiger partial charge in [-0.25, -0.2) is 0 Å². The van der Waals surface area contributed by atoms with E-state index in [9.17, 15) is 4.79 Å². The highest BCUT2D eigenvalue weighted by atomic mass is 32.2. The second kappa shape index (κ2) is 10.6. The van der Waals surface area contributed by atoms with Crippen molar-refractivity contribution >= 4 is 17.7 Å². The van der Waals surface area contributed by atoms with Gasteiger partial charge >= 0.3 is 0 Å². The number of piperidine rings is 2. The summed E-state index contributed by atoms with van der Waals surface area (Å²) in [5, 5.41) is 0. The van der Waals surface area contributed by atoms with E-state index in [1.54, 1.807) is 7.11 Å². The molecule has 0 saturated carbocycles. The van der Waals surface area contributed by atoms with Crippen LogP contribution in [0.15, 0.2) is 24.5 Å². The zero-order chi connectivity index (χ0) is 20.8. The average molecular weight is 434 g/mol. The number of thioether (sulfide) groups is 1. The van der Waals surface area contributed by atoms with E-state index >= 15 is 0 Å². The maximum Gasteiger partial charge on any atom is 0.225 e. The summed E-state index contributed by atoms with van der Waals surface area (Å²) in [4.78, 5) is 18.5. The van der Waals surface area contributed by atoms with Crippen LogP contribution in [0.2, 0.25) is 0 Å². The number of hydrogen-bond donors (Lipinski definition) is 0. The number of fused-ring (bicyclic) bond motifs is 1. The highest BCUT2D eigenvalue weighted by Gasteiger charge is 2.39. The summed E-state index contributed by atoms with van der Waals surface area (Å²) in [6.07, 6.45) is 13.6. The number of carbonyl (C=O) groups is 1. The third-order valence-electron chi connectivity index (χ3n) is 7.66. The molecule has 168 valence electrons. The minimum absolute atomic E-state index is 0.0550. The second-order valence-electron chi connectivity index (χ2n) is 9.44. The molecule has 3 aliphatic rings. The van der Waals surface area contributed by atoms with Gasteiger partial charge in [0.1, 0.15) is 0 Å². The maximum absolute atomic E-state index is 13.7. The SMILES string of the molecule is COCCN(CC1CCCN2CCCCC12)C(=O)CC1(n2cccc2)CCSCC1. The number of amides is 1. The van der Waals surface area contributed by atoms with Crippen molar-refractivity contribution in [3.8, 4) is 0 Å². The van der Waals surface area contributed by atoms with Gasteiger partial charge in [0.2, 0.25) is 5.91 Å². The van der Waals surface area contributed by atoms with Gasteiger partial charge in [0.25, 0.3) is 0 Å². The van der Waals surface area contributed by atoms with Gasteiger partial charge < -0.3 is 19.1 Å². The van der Waals surface area contributed by atoms with Gasteiger partial charge in [-0.05, 0) is 81.2 Å². The molecular formula is C24H39N3O2S. The van der Waals surface area contributed by atoms with Crippen molar-refractivity contribution in [1.82, 2.24) is 14.4 Å². The molecule has 0 spiro atoms. The van der Waals surface area contributed by atoms with Crippen LogP contribution < -0.4 is 0 Å². The Balaban J connectivity index is 1.47. The van der Waals surface area contributed by atoms with Crippen molar-refractivity contribution in [3.63, 3.8) is 0 Å². The Morgan fingerprint density at radius 2 is 1.90 bits per heavy atom. The van der Waals surface area contributed by atoms with Crippen LogP contribution in [0.1, 0.15) is 51.4 Å². The minimum Gasteiger partial charge on any atom is -0.383 e. The monoisotopic (exact) mass is 433 g/mol. The van der Waals surface area contributed by atoms with Crippen molar-refractivity contribution in [2.45, 2.75) is 62.9 Å². The summed E-state index contributed by atoms with van der Waals surface area (Å²) in [5.41, 5.74) is -0.0550. The molecule has 5 nitrogen and oxygen atoms in total. The standard InChI is InChI=1S/C24H39N3O2S/c1-29-16-15-26(20-21-7-6-12-25-11-3-2-8-22(21)25)23(28)19-24(9-17-30-18-10-24)27-13-4-5-14-27/h4-5,13-14,21-22H,2-3,6-12,15-20H2,1H3. The molecule has 2 unspecified atom stereocenters. The highest BCUT2D eigenvalue weighted by molar-refractivity contribution is 7.99. The molecule has 1 amide bonds. The zero-order valence-electron chi connectivity index (χ0n) is 18.6. The lowest BCUT2D eigenvalue weighted by atomic mass is 9.82. The third kappa shape index (κ3) is 5.08. The van der Waals surface area contributed by atoms with Gasteiger partial charge in [0, 0.05) is 38.6 Å². The lowest BCUT2D eigenvalue weighted by Gasteiger charge is -2.46. The number of carbonyl (C=O) groups excluding carboxylic acids is 1. The molecule has 1 aromatic heterocycles. The number of rotatable bonds is 8. The predicted octanol–water partition coefficient (Wildman–Crippen LogP) is 3.84. The van der Waals surface area contributed by atoms with E-state index in [4.69, 9.17) is 4.74 Å². The van der Waals surface area contributed by atoms with Crippen molar-refractivity contribution in [2.75, 3.05) is 51.4 Å². The van der Waals surface area contributed by atoms with Crippen molar-refractivity contribution in [2.24, 2.45) is 5.92 Å². The van der Waals surface area contributed by atoms with E-state index in [0.717, 1.165) is 37.4 Å². The van der Waals surface area contributed by atoms with Crippen LogP contribution in [0.25, 0.3) is 0 Å². The molecule has 0 aliphatic carbocycles. The largest absolute Gasteiger partial charge is 0.383 e. The van der Waals surface area contributed by atoms with E-state index in [0.29, 0.717) is 30.9 Å². The van der Waals surface area contributed by atoms with Crippen molar-refractivity contribution in [3.05, 3.63) is 24.5 Å². The molecule has 0 radical (unpaired) electrons. The summed E-state index contributed by atoms with van der Waals surface area (Å²) in [6, 6.07) is 4.86. The number of aromatic nitrogens is 1. The number of methoxy groups -OCH3 is 1. The number of nitrogens with zero attached hydrogens (tertiary/aromatic N) is 3. The van der Waals surface area contributed by atoms with Crippen molar-refractivity contribution in [1.29, 1.82) is 0 Å². The van der Waals surface area contributed by atoms with Crippen LogP contribution in [0.3, 0.4) is 0 Å². The van der Waals surface area contributed by atoms with Crippen LogP contribution >= 0.6 is 11.8 Å². The maximum atomic E-state index is 13.7. The first-order valence-electron chi connectivity index (χ1n) is 11.9. The molecule has 3 fully saturated rings. The molecule has 0 aromatic carbocycles. The molecule has 3 aliphatic heterocycles. The smallest absolute Gasteiger partial charge is 0.225 e. The minimum atomic E-state index is -0.0550. The molecule has 0 N–H and O–H groups in total. The Labute approximate surface area is 186 Å². The van der Waals surface area contributed by atoms with E-state index in [-0.39, 0.29) is 5.54 Å². The van der Waals surface area contributed by atoms with Crippen molar-refractivity contribution < 1.29 is 9.53 Å². The molecule has 30 heavy (non-hydrogen) atoms. The van der Waals surface area contributed by atoms with E-state index in [1.807, 2.05) is 11.8 Å². The van der Waals surface area contributed by atoms with Gasteiger partial charge in [0.05, 0.1) is 18.6 Å². The quantitative estimate of drug-likeness (QED) is 0.624. The van der Waals surface area contributed by atoms with Crippen LogP contribution in [-0.2, 0) is 15.1 Å². The summed E-state index contributed by atoms with van der Waals surface area (Å²) in [5.74, 6) is 3.22. The normalized spacial score (nSPS) is 26.8. The molecule has 6 heteroatoms. The second-order valence-corrected chi connectivity index (χ2v) is 10.7. The van der Waals surface area contributed by atoms with Crippen LogP contribution in [0.4, 0.5) is 0 Å². The zero-order valence-corrected chi connectivity index (χ0v) is 19.5. The van der Waals surface area contributed by atoms with Gasteiger partial charge in [-0.3, -0.25) is 4.79 Å². The first-order chi connectivity index (χ1) is 14.7. The van der Waals surface area contributed by atoms with Gasteiger partial charge in [-0.1, -0.05) is 6.42 Å². The van der Waals surface area contributed by atoms with Gasteiger partial charge in [-0.15, -0.1) is 0 Å². The third-order valence-corrected chi connectivity index (χ3v) is 8.64. The summed E-state index contributed by atoms with van der Waals surface area (Å²) >= 11 is 2.02. The van der Waals surface area contributed by atoms with E-state index in [1.165, 1.54) is 45.2 Å². The molecule has 4 rings (SSSR count). The molecule has 1 aromatic rings. The Hall–Kier alpha value is -0.980. The van der Waals surface area contributed by atoms with Crippen LogP contribution in [-0.4, -0.2) is 77.7 Å². The first-order valence-corrected chi connectivity index (χ1v) is 13.1.